The molecule has 2 amide bonds. The Bertz CT molecular complexity index is 841. The Morgan fingerprint density at radius 3 is 2.50 bits per heavy atom. The first-order valence-electron chi connectivity index (χ1n) is 10.4. The van der Waals surface area contributed by atoms with E-state index in [-0.39, 0.29) is 36.2 Å². The normalized spacial score (nSPS) is 22.9. The van der Waals surface area contributed by atoms with Crippen LogP contribution in [0.5, 0.6) is 0 Å². The first kappa shape index (κ1) is 24.6. The number of thioether (sulfide) groups is 1. The van der Waals surface area contributed by atoms with Crippen LogP contribution in [0.4, 0.5) is 13.2 Å². The molecule has 2 aliphatic rings. The number of rotatable bonds is 7. The largest absolute Gasteiger partial charge is 0.416 e. The number of methoxy groups -OCH3 is 2. The van der Waals surface area contributed by atoms with Gasteiger partial charge in [0.25, 0.3) is 5.91 Å². The molecule has 0 spiro atoms. The number of hydrogen-bond donors (Lipinski definition) is 1. The summed E-state index contributed by atoms with van der Waals surface area (Å²) in [6, 6.07) is 4.66. The van der Waals surface area contributed by atoms with Crippen LogP contribution in [0.3, 0.4) is 0 Å². The molecule has 1 heterocycles. The van der Waals surface area contributed by atoms with Gasteiger partial charge in [0.2, 0.25) is 5.91 Å². The number of amides is 2. The first-order chi connectivity index (χ1) is 15.2. The summed E-state index contributed by atoms with van der Waals surface area (Å²) in [5.74, 6) is -0.592. The van der Waals surface area contributed by atoms with Crippen LogP contribution >= 0.6 is 11.8 Å². The lowest BCUT2D eigenvalue weighted by atomic mass is 9.93. The molecule has 2 fully saturated rings. The molecule has 1 aromatic carbocycles. The number of hydrogen-bond acceptors (Lipinski definition) is 5. The predicted octanol–water partition coefficient (Wildman–Crippen LogP) is 3.67. The van der Waals surface area contributed by atoms with Crippen LogP contribution in [0, 0.1) is 0 Å². The van der Waals surface area contributed by atoms with Crippen molar-refractivity contribution in [2.24, 2.45) is 0 Å². The molecule has 1 saturated carbocycles. The number of carbonyl (C=O) groups excluding carboxylic acids is 2. The molecule has 1 aromatic rings. The van der Waals surface area contributed by atoms with Crippen LogP contribution in [0.2, 0.25) is 0 Å². The number of carbonyl (C=O) groups is 2. The second kappa shape index (κ2) is 10.7. The van der Waals surface area contributed by atoms with Gasteiger partial charge < -0.3 is 19.7 Å². The van der Waals surface area contributed by atoms with E-state index in [0.717, 1.165) is 37.8 Å². The highest BCUT2D eigenvalue weighted by Gasteiger charge is 2.41. The van der Waals surface area contributed by atoms with E-state index in [1.54, 1.807) is 11.0 Å². The molecule has 6 nitrogen and oxygen atoms in total. The molecule has 32 heavy (non-hydrogen) atoms. The highest BCUT2D eigenvalue weighted by molar-refractivity contribution is 8.04. The quantitative estimate of drug-likeness (QED) is 0.485. The van der Waals surface area contributed by atoms with E-state index in [0.29, 0.717) is 10.5 Å². The monoisotopic (exact) mass is 472 g/mol. The van der Waals surface area contributed by atoms with Crippen molar-refractivity contribution in [1.29, 1.82) is 0 Å². The van der Waals surface area contributed by atoms with Gasteiger partial charge in [-0.1, -0.05) is 25.0 Å². The van der Waals surface area contributed by atoms with E-state index < -0.39 is 18.0 Å². The zero-order valence-electron chi connectivity index (χ0n) is 18.0. The lowest BCUT2D eigenvalue weighted by molar-refractivity contribution is -0.137. The van der Waals surface area contributed by atoms with Gasteiger partial charge in [0, 0.05) is 25.5 Å². The van der Waals surface area contributed by atoms with Crippen LogP contribution in [-0.2, 0) is 25.2 Å². The van der Waals surface area contributed by atoms with E-state index >= 15 is 0 Å². The number of benzene rings is 1. The second-order valence-corrected chi connectivity index (χ2v) is 9.06. The minimum absolute atomic E-state index is 0.0441. The Morgan fingerprint density at radius 1 is 1.22 bits per heavy atom. The van der Waals surface area contributed by atoms with E-state index in [2.05, 4.69) is 5.32 Å². The third-order valence-electron chi connectivity index (χ3n) is 5.66. The molecule has 1 N–H and O–H groups in total. The number of nitrogens with zero attached hydrogens (tertiary/aromatic N) is 1. The number of alkyl halides is 3. The maximum absolute atomic E-state index is 13.2. The molecule has 1 aliphatic carbocycles. The van der Waals surface area contributed by atoms with Crippen LogP contribution < -0.4 is 5.32 Å². The lowest BCUT2D eigenvalue weighted by Crippen LogP contribution is -2.54. The third-order valence-corrected chi connectivity index (χ3v) is 7.06. The van der Waals surface area contributed by atoms with Gasteiger partial charge in [0.15, 0.2) is 6.29 Å². The Labute approximate surface area is 189 Å². The fraction of sp³-hybridized carbons (Fsp3) is 0.545. The summed E-state index contributed by atoms with van der Waals surface area (Å²) in [6.07, 6.45) is 0.382. The molecule has 2 unspecified atom stereocenters. The Hall–Kier alpha value is -2.04. The number of fused-ring (bicyclic) bond motifs is 1. The van der Waals surface area contributed by atoms with Crippen molar-refractivity contribution >= 4 is 29.7 Å². The highest BCUT2D eigenvalue weighted by atomic mass is 32.2. The molecular formula is C22H27F3N2O4S. The summed E-state index contributed by atoms with van der Waals surface area (Å²) in [5, 5.41) is 2.87. The number of nitrogens with one attached hydrogen (secondary N) is 1. The first-order valence-corrected chi connectivity index (χ1v) is 11.3. The average molecular weight is 473 g/mol. The summed E-state index contributed by atoms with van der Waals surface area (Å²) < 4.78 is 48.6. The molecule has 1 aliphatic heterocycles. The van der Waals surface area contributed by atoms with Crippen molar-refractivity contribution in [1.82, 2.24) is 10.2 Å². The van der Waals surface area contributed by atoms with Gasteiger partial charge >= 0.3 is 6.18 Å². The summed E-state index contributed by atoms with van der Waals surface area (Å²) in [7, 11) is 2.94. The molecule has 176 valence electrons. The SMILES string of the molecule is COC(CNC(=O)CN1C(=O)/C(=C\c2ccc(C(F)(F)F)cc2)SC2CCCCC21)OC. The topological polar surface area (TPSA) is 67.9 Å². The summed E-state index contributed by atoms with van der Waals surface area (Å²) in [5.41, 5.74) is -0.228. The van der Waals surface area contributed by atoms with Gasteiger partial charge in [0.1, 0.15) is 6.54 Å². The van der Waals surface area contributed by atoms with Crippen LogP contribution in [0.25, 0.3) is 6.08 Å². The van der Waals surface area contributed by atoms with Crippen molar-refractivity contribution < 1.29 is 32.2 Å². The van der Waals surface area contributed by atoms with Gasteiger partial charge in [0.05, 0.1) is 17.0 Å². The molecule has 10 heteroatoms. The molecule has 3 rings (SSSR count). The molecule has 0 radical (unpaired) electrons. The molecule has 2 atom stereocenters. The molecule has 0 bridgehead atoms. The summed E-state index contributed by atoms with van der Waals surface area (Å²) in [4.78, 5) is 27.8. The van der Waals surface area contributed by atoms with Crippen LogP contribution in [-0.4, -0.2) is 61.6 Å². The Balaban J connectivity index is 1.76. The van der Waals surface area contributed by atoms with Gasteiger partial charge in [-0.3, -0.25) is 9.59 Å². The molecule has 0 aromatic heterocycles. The van der Waals surface area contributed by atoms with Crippen molar-refractivity contribution in [3.63, 3.8) is 0 Å². The third kappa shape index (κ3) is 6.05. The van der Waals surface area contributed by atoms with E-state index in [4.69, 9.17) is 9.47 Å². The van der Waals surface area contributed by atoms with Gasteiger partial charge in [-0.2, -0.15) is 13.2 Å². The van der Waals surface area contributed by atoms with E-state index in [1.807, 2.05) is 0 Å². The highest BCUT2D eigenvalue weighted by Crippen LogP contribution is 2.42. The van der Waals surface area contributed by atoms with Crippen LogP contribution in [0.15, 0.2) is 29.2 Å². The number of ether oxygens (including phenoxy) is 2. The summed E-state index contributed by atoms with van der Waals surface area (Å²) in [6.45, 7) is 0.0655. The van der Waals surface area contributed by atoms with Crippen molar-refractivity contribution in [3.05, 3.63) is 40.3 Å². The Kier molecular flexibility index (Phi) is 8.24. The zero-order valence-corrected chi connectivity index (χ0v) is 18.8. The smallest absolute Gasteiger partial charge is 0.354 e. The fourth-order valence-electron chi connectivity index (χ4n) is 3.95. The van der Waals surface area contributed by atoms with Crippen molar-refractivity contribution in [2.45, 2.75) is 49.4 Å². The lowest BCUT2D eigenvalue weighted by Gasteiger charge is -2.43. The molecule has 1 saturated heterocycles. The maximum atomic E-state index is 13.2. The van der Waals surface area contributed by atoms with Gasteiger partial charge in [-0.25, -0.2) is 0 Å². The fourth-order valence-corrected chi connectivity index (χ4v) is 5.43. The second-order valence-electron chi connectivity index (χ2n) is 7.77. The van der Waals surface area contributed by atoms with E-state index in [1.165, 1.54) is 38.1 Å². The van der Waals surface area contributed by atoms with Crippen molar-refractivity contribution in [2.75, 3.05) is 27.3 Å². The van der Waals surface area contributed by atoms with Crippen LogP contribution in [0.1, 0.15) is 36.8 Å². The van der Waals surface area contributed by atoms with E-state index in [9.17, 15) is 22.8 Å². The predicted molar refractivity (Wildman–Crippen MR) is 116 cm³/mol. The summed E-state index contributed by atoms with van der Waals surface area (Å²) >= 11 is 1.46. The number of halogens is 3. The Morgan fingerprint density at radius 2 is 1.88 bits per heavy atom. The minimum atomic E-state index is -4.41. The zero-order chi connectivity index (χ0) is 23.3. The maximum Gasteiger partial charge on any atom is 0.416 e. The standard InChI is InChI=1S/C22H27F3N2O4S/c1-30-20(31-2)12-26-19(28)13-27-16-5-3-4-6-17(16)32-18(21(27)29)11-14-7-9-15(10-8-14)22(23,24)25/h7-11,16-17,20H,3-6,12-13H2,1-2H3,(H,26,28)/b18-11+. The van der Waals surface area contributed by atoms with Gasteiger partial charge in [-0.05, 0) is 36.6 Å². The van der Waals surface area contributed by atoms with Gasteiger partial charge in [-0.15, -0.1) is 11.8 Å². The minimum Gasteiger partial charge on any atom is -0.354 e. The van der Waals surface area contributed by atoms with Crippen molar-refractivity contribution in [3.8, 4) is 0 Å². The average Bonchev–Trinajstić information content (AvgIpc) is 2.77. The molecular weight excluding hydrogens is 445 g/mol.